The van der Waals surface area contributed by atoms with E-state index in [1.54, 1.807) is 0 Å². The maximum absolute atomic E-state index is 12.5. The Hall–Kier alpha value is -2.56. The first-order chi connectivity index (χ1) is 11.2. The average Bonchev–Trinajstić information content (AvgIpc) is 3.27. The zero-order valence-electron chi connectivity index (χ0n) is 12.9. The van der Waals surface area contributed by atoms with Crippen molar-refractivity contribution in [1.29, 1.82) is 0 Å². The van der Waals surface area contributed by atoms with Gasteiger partial charge >= 0.3 is 0 Å². The monoisotopic (exact) mass is 309 g/mol. The molecule has 5 nitrogen and oxygen atoms in total. The van der Waals surface area contributed by atoms with E-state index in [9.17, 15) is 9.59 Å². The van der Waals surface area contributed by atoms with Crippen molar-refractivity contribution < 1.29 is 9.59 Å². The smallest absolute Gasteiger partial charge is 0.277 e. The van der Waals surface area contributed by atoms with E-state index < -0.39 is 0 Å². The quantitative estimate of drug-likeness (QED) is 0.880. The average molecular weight is 309 g/mol. The van der Waals surface area contributed by atoms with Crippen molar-refractivity contribution in [1.82, 2.24) is 14.8 Å². The van der Waals surface area contributed by atoms with Gasteiger partial charge in [-0.1, -0.05) is 18.2 Å². The topological polar surface area (TPSA) is 56.4 Å². The fourth-order valence-corrected chi connectivity index (χ4v) is 3.46. The van der Waals surface area contributed by atoms with Gasteiger partial charge in [-0.05, 0) is 30.9 Å². The molecule has 2 aromatic rings. The highest BCUT2D eigenvalue weighted by molar-refractivity contribution is 6.15. The van der Waals surface area contributed by atoms with E-state index >= 15 is 0 Å². The second-order valence-electron chi connectivity index (χ2n) is 6.13. The van der Waals surface area contributed by atoms with Crippen LogP contribution in [0.4, 0.5) is 0 Å². The van der Waals surface area contributed by atoms with Crippen molar-refractivity contribution in [3.63, 3.8) is 0 Å². The molecule has 1 fully saturated rings. The van der Waals surface area contributed by atoms with Crippen LogP contribution in [-0.4, -0.2) is 46.2 Å². The summed E-state index contributed by atoms with van der Waals surface area (Å²) < 4.78 is 0. The fourth-order valence-electron chi connectivity index (χ4n) is 3.46. The molecule has 1 aromatic heterocycles. The minimum Gasteiger partial charge on any atom is -0.367 e. The van der Waals surface area contributed by atoms with Gasteiger partial charge in [0.05, 0.1) is 0 Å². The molecule has 0 saturated carbocycles. The number of aromatic nitrogens is 1. The number of amides is 2. The number of likely N-dealkylation sites (tertiary alicyclic amines) is 1. The number of nitrogens with zero attached hydrogens (tertiary/aromatic N) is 2. The standard InChI is InChI=1S/C18H19N3O2/c22-17-11-16(20-8-3-4-9-20)18(23)21(17)10-7-13-12-19-15-6-2-1-5-14(13)15/h1-2,5-6,11-12,19H,3-4,7-10H2. The molecule has 2 amide bonds. The molecule has 0 spiro atoms. The lowest BCUT2D eigenvalue weighted by Crippen LogP contribution is -2.35. The predicted octanol–water partition coefficient (Wildman–Crippen LogP) is 2.06. The summed E-state index contributed by atoms with van der Waals surface area (Å²) in [5, 5.41) is 1.15. The van der Waals surface area contributed by atoms with Crippen molar-refractivity contribution >= 4 is 22.7 Å². The van der Waals surface area contributed by atoms with Gasteiger partial charge in [0, 0.05) is 42.8 Å². The number of nitrogens with one attached hydrogen (secondary N) is 1. The third-order valence-electron chi connectivity index (χ3n) is 4.72. The highest BCUT2D eigenvalue weighted by atomic mass is 16.2. The number of rotatable bonds is 4. The number of H-pyrrole nitrogens is 1. The van der Waals surface area contributed by atoms with Gasteiger partial charge in [0.2, 0.25) is 0 Å². The van der Waals surface area contributed by atoms with Crippen molar-refractivity contribution in [2.75, 3.05) is 19.6 Å². The molecule has 1 N–H and O–H groups in total. The Bertz CT molecular complexity index is 799. The maximum Gasteiger partial charge on any atom is 0.277 e. The van der Waals surface area contributed by atoms with Gasteiger partial charge in [-0.25, -0.2) is 0 Å². The number of carbonyl (C=O) groups is 2. The summed E-state index contributed by atoms with van der Waals surface area (Å²) in [6, 6.07) is 8.07. The van der Waals surface area contributed by atoms with Gasteiger partial charge in [0.15, 0.2) is 0 Å². The minimum atomic E-state index is -0.184. The summed E-state index contributed by atoms with van der Waals surface area (Å²) in [4.78, 5) is 31.3. The molecule has 0 aliphatic carbocycles. The summed E-state index contributed by atoms with van der Waals surface area (Å²) in [5.41, 5.74) is 2.79. The number of imide groups is 1. The second kappa shape index (κ2) is 5.57. The molecular weight excluding hydrogens is 290 g/mol. The first-order valence-electron chi connectivity index (χ1n) is 8.11. The second-order valence-corrected chi connectivity index (χ2v) is 6.13. The lowest BCUT2D eigenvalue weighted by molar-refractivity contribution is -0.137. The van der Waals surface area contributed by atoms with Crippen molar-refractivity contribution in [3.05, 3.63) is 47.8 Å². The molecule has 3 heterocycles. The molecule has 23 heavy (non-hydrogen) atoms. The first-order valence-corrected chi connectivity index (χ1v) is 8.11. The van der Waals surface area contributed by atoms with E-state index in [1.807, 2.05) is 29.3 Å². The fraction of sp³-hybridized carbons (Fsp3) is 0.333. The van der Waals surface area contributed by atoms with E-state index in [1.165, 1.54) is 11.0 Å². The van der Waals surface area contributed by atoms with Crippen LogP contribution >= 0.6 is 0 Å². The summed E-state index contributed by atoms with van der Waals surface area (Å²) in [6.07, 6.45) is 6.32. The van der Waals surface area contributed by atoms with E-state index in [0.29, 0.717) is 18.7 Å². The van der Waals surface area contributed by atoms with Crippen LogP contribution in [-0.2, 0) is 16.0 Å². The molecule has 1 aromatic carbocycles. The van der Waals surface area contributed by atoms with E-state index in [0.717, 1.165) is 42.4 Å². The van der Waals surface area contributed by atoms with Gasteiger partial charge in [-0.15, -0.1) is 0 Å². The maximum atomic E-state index is 12.5. The van der Waals surface area contributed by atoms with Crippen LogP contribution < -0.4 is 0 Å². The Kier molecular flexibility index (Phi) is 3.41. The van der Waals surface area contributed by atoms with Crippen molar-refractivity contribution in [3.8, 4) is 0 Å². The Labute approximate surface area is 134 Å². The lowest BCUT2D eigenvalue weighted by atomic mass is 10.1. The molecule has 5 heteroatoms. The summed E-state index contributed by atoms with van der Waals surface area (Å²) in [7, 11) is 0. The van der Waals surface area contributed by atoms with Gasteiger partial charge in [0.1, 0.15) is 5.70 Å². The molecular formula is C18H19N3O2. The number of carbonyl (C=O) groups excluding carboxylic acids is 2. The number of benzene rings is 1. The van der Waals surface area contributed by atoms with E-state index in [-0.39, 0.29) is 11.8 Å². The Morgan fingerprint density at radius 3 is 2.70 bits per heavy atom. The highest BCUT2D eigenvalue weighted by Crippen LogP contribution is 2.23. The van der Waals surface area contributed by atoms with Crippen LogP contribution in [0, 0.1) is 0 Å². The number of hydrogen-bond donors (Lipinski definition) is 1. The Morgan fingerprint density at radius 1 is 1.09 bits per heavy atom. The summed E-state index contributed by atoms with van der Waals surface area (Å²) >= 11 is 0. The summed E-state index contributed by atoms with van der Waals surface area (Å²) in [5.74, 6) is -0.325. The third-order valence-corrected chi connectivity index (χ3v) is 4.72. The van der Waals surface area contributed by atoms with E-state index in [2.05, 4.69) is 11.1 Å². The molecule has 4 rings (SSSR count). The SMILES string of the molecule is O=C1C=C(N2CCCC2)C(=O)N1CCc1c[nH]c2ccccc12. The van der Waals surface area contributed by atoms with Crippen LogP contribution in [0.5, 0.6) is 0 Å². The Morgan fingerprint density at radius 2 is 1.87 bits per heavy atom. The molecule has 1 saturated heterocycles. The van der Waals surface area contributed by atoms with Gasteiger partial charge < -0.3 is 9.88 Å². The zero-order valence-corrected chi connectivity index (χ0v) is 12.9. The van der Waals surface area contributed by atoms with E-state index in [4.69, 9.17) is 0 Å². The van der Waals surface area contributed by atoms with Crippen molar-refractivity contribution in [2.45, 2.75) is 19.3 Å². The van der Waals surface area contributed by atoms with Gasteiger partial charge in [-0.3, -0.25) is 14.5 Å². The summed E-state index contributed by atoms with van der Waals surface area (Å²) in [6.45, 7) is 2.18. The highest BCUT2D eigenvalue weighted by Gasteiger charge is 2.34. The van der Waals surface area contributed by atoms with Crippen LogP contribution in [0.15, 0.2) is 42.2 Å². The third kappa shape index (κ3) is 2.42. The number of fused-ring (bicyclic) bond motifs is 1. The number of para-hydroxylation sites is 1. The molecule has 0 unspecified atom stereocenters. The molecule has 2 aliphatic heterocycles. The molecule has 0 radical (unpaired) electrons. The molecule has 118 valence electrons. The van der Waals surface area contributed by atoms with Gasteiger partial charge in [-0.2, -0.15) is 0 Å². The van der Waals surface area contributed by atoms with Crippen molar-refractivity contribution in [2.24, 2.45) is 0 Å². The zero-order chi connectivity index (χ0) is 15.8. The van der Waals surface area contributed by atoms with Crippen LogP contribution in [0.3, 0.4) is 0 Å². The van der Waals surface area contributed by atoms with Gasteiger partial charge in [0.25, 0.3) is 11.8 Å². The largest absolute Gasteiger partial charge is 0.367 e. The predicted molar refractivity (Wildman–Crippen MR) is 87.6 cm³/mol. The van der Waals surface area contributed by atoms with Crippen LogP contribution in [0.1, 0.15) is 18.4 Å². The number of aromatic amines is 1. The lowest BCUT2D eigenvalue weighted by Gasteiger charge is -2.20. The molecule has 0 atom stereocenters. The van der Waals surface area contributed by atoms with Crippen LogP contribution in [0.25, 0.3) is 10.9 Å². The van der Waals surface area contributed by atoms with Crippen LogP contribution in [0.2, 0.25) is 0 Å². The molecule has 2 aliphatic rings. The first kappa shape index (κ1) is 14.1. The molecule has 0 bridgehead atoms. The minimum absolute atomic E-state index is 0.142. The normalized spacial score (nSPS) is 18.3. The Balaban J connectivity index is 1.47. The number of hydrogen-bond acceptors (Lipinski definition) is 3.